The van der Waals surface area contributed by atoms with Gasteiger partial charge in [-0.2, -0.15) is 0 Å². The van der Waals surface area contributed by atoms with Crippen molar-refractivity contribution in [1.82, 2.24) is 10.2 Å². The molecule has 3 aromatic carbocycles. The van der Waals surface area contributed by atoms with E-state index in [1.165, 1.54) is 0 Å². The van der Waals surface area contributed by atoms with Crippen LogP contribution in [0.25, 0.3) is 0 Å². The SMILES string of the molecule is Cc1ccc(Oc2ccc(NC(=O)CN3C(=O)NC4(CCCCc5ccccc54)C3=O)cc2)cc1. The molecule has 178 valence electrons. The third kappa shape index (κ3) is 4.49. The van der Waals surface area contributed by atoms with Crippen molar-refractivity contribution >= 4 is 23.5 Å². The highest BCUT2D eigenvalue weighted by atomic mass is 16.5. The van der Waals surface area contributed by atoms with Crippen molar-refractivity contribution in [1.29, 1.82) is 0 Å². The van der Waals surface area contributed by atoms with E-state index in [1.54, 1.807) is 24.3 Å². The number of urea groups is 1. The third-order valence-corrected chi connectivity index (χ3v) is 6.60. The number of hydrogen-bond donors (Lipinski definition) is 2. The molecule has 1 aliphatic heterocycles. The molecule has 0 radical (unpaired) electrons. The second kappa shape index (κ2) is 9.25. The Bertz CT molecular complexity index is 1270. The molecular weight excluding hydrogens is 442 g/mol. The second-order valence-electron chi connectivity index (χ2n) is 9.08. The number of rotatable bonds is 5. The summed E-state index contributed by atoms with van der Waals surface area (Å²) in [6.45, 7) is 1.66. The Morgan fingerprint density at radius 2 is 1.66 bits per heavy atom. The van der Waals surface area contributed by atoms with Gasteiger partial charge < -0.3 is 15.4 Å². The van der Waals surface area contributed by atoms with E-state index in [0.717, 1.165) is 46.6 Å². The quantitative estimate of drug-likeness (QED) is 0.521. The highest BCUT2D eigenvalue weighted by Gasteiger charge is 2.53. The zero-order valence-corrected chi connectivity index (χ0v) is 19.5. The van der Waals surface area contributed by atoms with Crippen LogP contribution in [-0.4, -0.2) is 29.3 Å². The molecule has 7 nitrogen and oxygen atoms in total. The maximum atomic E-state index is 13.5. The molecule has 1 fully saturated rings. The number of nitrogens with zero attached hydrogens (tertiary/aromatic N) is 1. The summed E-state index contributed by atoms with van der Waals surface area (Å²) in [4.78, 5) is 40.0. The van der Waals surface area contributed by atoms with Crippen molar-refractivity contribution in [2.75, 3.05) is 11.9 Å². The molecule has 4 amide bonds. The third-order valence-electron chi connectivity index (χ3n) is 6.60. The van der Waals surface area contributed by atoms with Gasteiger partial charge in [0.2, 0.25) is 5.91 Å². The van der Waals surface area contributed by atoms with Gasteiger partial charge in [-0.05, 0) is 80.1 Å². The molecule has 7 heteroatoms. The predicted octanol–water partition coefficient (Wildman–Crippen LogP) is 4.90. The van der Waals surface area contributed by atoms with Gasteiger partial charge in [0, 0.05) is 5.69 Å². The lowest BCUT2D eigenvalue weighted by molar-refractivity contribution is -0.134. The van der Waals surface area contributed by atoms with Gasteiger partial charge in [0.15, 0.2) is 0 Å². The number of fused-ring (bicyclic) bond motifs is 2. The molecule has 0 bridgehead atoms. The Morgan fingerprint density at radius 3 is 2.40 bits per heavy atom. The molecule has 0 saturated carbocycles. The van der Waals surface area contributed by atoms with Crippen LogP contribution >= 0.6 is 0 Å². The van der Waals surface area contributed by atoms with Gasteiger partial charge in [-0.1, -0.05) is 42.0 Å². The predicted molar refractivity (Wildman–Crippen MR) is 132 cm³/mol. The van der Waals surface area contributed by atoms with Gasteiger partial charge in [-0.15, -0.1) is 0 Å². The van der Waals surface area contributed by atoms with E-state index in [-0.39, 0.29) is 12.5 Å². The van der Waals surface area contributed by atoms with Gasteiger partial charge in [-0.25, -0.2) is 4.79 Å². The van der Waals surface area contributed by atoms with Gasteiger partial charge in [0.05, 0.1) is 0 Å². The second-order valence-corrected chi connectivity index (χ2v) is 9.08. The fraction of sp³-hybridized carbons (Fsp3) is 0.250. The zero-order valence-electron chi connectivity index (χ0n) is 19.5. The van der Waals surface area contributed by atoms with Crippen LogP contribution in [0.5, 0.6) is 11.5 Å². The van der Waals surface area contributed by atoms with Gasteiger partial charge in [0.1, 0.15) is 23.6 Å². The largest absolute Gasteiger partial charge is 0.457 e. The molecule has 1 saturated heterocycles. The van der Waals surface area contributed by atoms with E-state index in [9.17, 15) is 14.4 Å². The van der Waals surface area contributed by atoms with Crippen molar-refractivity contribution in [3.63, 3.8) is 0 Å². The average molecular weight is 470 g/mol. The minimum Gasteiger partial charge on any atom is -0.457 e. The van der Waals surface area contributed by atoms with Crippen LogP contribution in [0.1, 0.15) is 36.0 Å². The lowest BCUT2D eigenvalue weighted by Gasteiger charge is -2.27. The molecule has 0 aromatic heterocycles. The van der Waals surface area contributed by atoms with E-state index < -0.39 is 17.5 Å². The number of nitrogens with one attached hydrogen (secondary N) is 2. The fourth-order valence-corrected chi connectivity index (χ4v) is 4.81. The number of amides is 4. The van der Waals surface area contributed by atoms with Crippen LogP contribution < -0.4 is 15.4 Å². The number of imide groups is 1. The Balaban J connectivity index is 1.25. The number of carbonyl (C=O) groups is 3. The van der Waals surface area contributed by atoms with Crippen LogP contribution in [0.15, 0.2) is 72.8 Å². The van der Waals surface area contributed by atoms with Gasteiger partial charge in [-0.3, -0.25) is 14.5 Å². The molecule has 3 aromatic rings. The summed E-state index contributed by atoms with van der Waals surface area (Å²) < 4.78 is 5.81. The highest BCUT2D eigenvalue weighted by molar-refractivity contribution is 6.10. The number of benzene rings is 3. The smallest absolute Gasteiger partial charge is 0.325 e. The normalized spacial score (nSPS) is 19.2. The zero-order chi connectivity index (χ0) is 24.4. The standard InChI is InChI=1S/C28H27N3O4/c1-19-9-13-22(14-10-19)35-23-15-11-21(12-16-23)29-25(32)18-31-26(33)28(30-27(31)34)17-5-4-7-20-6-2-3-8-24(20)28/h2-3,6,8-16H,4-5,7,17-18H2,1H3,(H,29,32)(H,30,34). The Morgan fingerprint density at radius 1 is 0.971 bits per heavy atom. The first-order chi connectivity index (χ1) is 16.9. The van der Waals surface area contributed by atoms with Crippen LogP contribution in [0, 0.1) is 6.92 Å². The Kier molecular flexibility index (Phi) is 5.99. The molecule has 1 spiro atoms. The Labute approximate surface area is 204 Å². The number of anilines is 1. The summed E-state index contributed by atoms with van der Waals surface area (Å²) in [5, 5.41) is 5.67. The molecular formula is C28H27N3O4. The highest BCUT2D eigenvalue weighted by Crippen LogP contribution is 2.39. The molecule has 1 heterocycles. The molecule has 5 rings (SSSR count). The molecule has 2 aliphatic rings. The fourth-order valence-electron chi connectivity index (χ4n) is 4.81. The lowest BCUT2D eigenvalue weighted by Crippen LogP contribution is -2.44. The van der Waals surface area contributed by atoms with E-state index in [4.69, 9.17) is 4.74 Å². The summed E-state index contributed by atoms with van der Waals surface area (Å²) in [5.74, 6) is 0.545. The monoisotopic (exact) mass is 469 g/mol. The van der Waals surface area contributed by atoms with E-state index in [1.807, 2.05) is 55.5 Å². The van der Waals surface area contributed by atoms with E-state index >= 15 is 0 Å². The van der Waals surface area contributed by atoms with Crippen molar-refractivity contribution in [3.8, 4) is 11.5 Å². The first kappa shape index (κ1) is 22.7. The van der Waals surface area contributed by atoms with Crippen molar-refractivity contribution in [3.05, 3.63) is 89.5 Å². The topological polar surface area (TPSA) is 87.7 Å². The number of ether oxygens (including phenoxy) is 1. The molecule has 1 atom stereocenters. The summed E-state index contributed by atoms with van der Waals surface area (Å²) in [5.41, 5.74) is 2.50. The van der Waals surface area contributed by atoms with Crippen LogP contribution in [-0.2, 0) is 21.5 Å². The number of hydrogen-bond acceptors (Lipinski definition) is 4. The summed E-state index contributed by atoms with van der Waals surface area (Å²) in [6, 6.07) is 21.9. The maximum absolute atomic E-state index is 13.5. The van der Waals surface area contributed by atoms with Crippen LogP contribution in [0.2, 0.25) is 0 Å². The molecule has 1 aliphatic carbocycles. The summed E-state index contributed by atoms with van der Waals surface area (Å²) in [6.07, 6.45) is 3.16. The lowest BCUT2D eigenvalue weighted by atomic mass is 9.84. The van der Waals surface area contributed by atoms with Crippen LogP contribution in [0.3, 0.4) is 0 Å². The summed E-state index contributed by atoms with van der Waals surface area (Å²) in [7, 11) is 0. The van der Waals surface area contributed by atoms with E-state index in [2.05, 4.69) is 10.6 Å². The van der Waals surface area contributed by atoms with Crippen LogP contribution in [0.4, 0.5) is 10.5 Å². The first-order valence-corrected chi connectivity index (χ1v) is 11.8. The maximum Gasteiger partial charge on any atom is 0.325 e. The first-order valence-electron chi connectivity index (χ1n) is 11.8. The average Bonchev–Trinajstić information content (AvgIpc) is 2.98. The Hall–Kier alpha value is -4.13. The number of aryl methyl sites for hydroxylation is 2. The van der Waals surface area contributed by atoms with Crippen molar-refractivity contribution in [2.24, 2.45) is 0 Å². The van der Waals surface area contributed by atoms with Crippen molar-refractivity contribution in [2.45, 2.75) is 38.1 Å². The number of carbonyl (C=O) groups excluding carboxylic acids is 3. The summed E-state index contributed by atoms with van der Waals surface area (Å²) >= 11 is 0. The minimum atomic E-state index is -1.10. The van der Waals surface area contributed by atoms with E-state index in [0.29, 0.717) is 17.9 Å². The molecule has 1 unspecified atom stereocenters. The van der Waals surface area contributed by atoms with Gasteiger partial charge >= 0.3 is 6.03 Å². The minimum absolute atomic E-state index is 0.351. The molecule has 35 heavy (non-hydrogen) atoms. The van der Waals surface area contributed by atoms with Gasteiger partial charge in [0.25, 0.3) is 5.91 Å². The van der Waals surface area contributed by atoms with Crippen molar-refractivity contribution < 1.29 is 19.1 Å². The molecule has 2 N–H and O–H groups in total.